The maximum absolute atomic E-state index is 13.0. The Morgan fingerprint density at radius 1 is 1.06 bits per heavy atom. The molecular formula is C26H27FN4O2S2. The highest BCUT2D eigenvalue weighted by atomic mass is 32.2. The summed E-state index contributed by atoms with van der Waals surface area (Å²) in [6.07, 6.45) is 4.57. The minimum Gasteiger partial charge on any atom is -0.340 e. The normalized spacial score (nSPS) is 14.4. The molecule has 2 amide bonds. The average molecular weight is 511 g/mol. The highest BCUT2D eigenvalue weighted by molar-refractivity contribution is 8.01. The molecule has 0 unspecified atom stereocenters. The van der Waals surface area contributed by atoms with Crippen LogP contribution in [0.1, 0.15) is 11.3 Å². The zero-order valence-corrected chi connectivity index (χ0v) is 20.9. The highest BCUT2D eigenvalue weighted by Crippen LogP contribution is 2.23. The molecule has 0 bridgehead atoms. The zero-order chi connectivity index (χ0) is 24.5. The van der Waals surface area contributed by atoms with Gasteiger partial charge in [0.1, 0.15) is 5.82 Å². The lowest BCUT2D eigenvalue weighted by atomic mass is 10.2. The minimum atomic E-state index is -0.347. The number of thioether (sulfide) groups is 1. The summed E-state index contributed by atoms with van der Waals surface area (Å²) in [5.41, 5.74) is 2.47. The third-order valence-electron chi connectivity index (χ3n) is 5.52. The van der Waals surface area contributed by atoms with E-state index in [4.69, 9.17) is 0 Å². The number of thiazole rings is 1. The van der Waals surface area contributed by atoms with Gasteiger partial charge in [-0.3, -0.25) is 14.5 Å². The van der Waals surface area contributed by atoms with Crippen molar-refractivity contribution >= 4 is 46.7 Å². The van der Waals surface area contributed by atoms with E-state index in [0.717, 1.165) is 29.7 Å². The lowest BCUT2D eigenvalue weighted by Crippen LogP contribution is -2.49. The largest absolute Gasteiger partial charge is 0.340 e. The van der Waals surface area contributed by atoms with E-state index < -0.39 is 0 Å². The van der Waals surface area contributed by atoms with E-state index in [2.05, 4.69) is 39.5 Å². The molecule has 9 heteroatoms. The van der Waals surface area contributed by atoms with Crippen molar-refractivity contribution in [3.63, 3.8) is 0 Å². The lowest BCUT2D eigenvalue weighted by Gasteiger charge is -2.34. The quantitative estimate of drug-likeness (QED) is 0.432. The van der Waals surface area contributed by atoms with Crippen LogP contribution in [0, 0.1) is 5.82 Å². The van der Waals surface area contributed by atoms with Crippen LogP contribution in [-0.2, 0) is 16.0 Å². The second-order valence-electron chi connectivity index (χ2n) is 8.12. The molecular weight excluding hydrogens is 483 g/mol. The molecule has 6 nitrogen and oxygen atoms in total. The summed E-state index contributed by atoms with van der Waals surface area (Å²) in [6.45, 7) is 4.01. The predicted molar refractivity (Wildman–Crippen MR) is 140 cm³/mol. The van der Waals surface area contributed by atoms with Crippen LogP contribution in [0.5, 0.6) is 0 Å². The van der Waals surface area contributed by atoms with Gasteiger partial charge in [0, 0.05) is 43.8 Å². The summed E-state index contributed by atoms with van der Waals surface area (Å²) in [5.74, 6) is -0.259. The number of aromatic nitrogens is 1. The average Bonchev–Trinajstić information content (AvgIpc) is 3.32. The monoisotopic (exact) mass is 510 g/mol. The van der Waals surface area contributed by atoms with Crippen LogP contribution < -0.4 is 5.32 Å². The van der Waals surface area contributed by atoms with E-state index >= 15 is 0 Å². The van der Waals surface area contributed by atoms with Crippen molar-refractivity contribution in [2.45, 2.75) is 10.8 Å². The molecule has 2 aromatic carbocycles. The van der Waals surface area contributed by atoms with Crippen LogP contribution in [0.2, 0.25) is 0 Å². The summed E-state index contributed by atoms with van der Waals surface area (Å²) >= 11 is 2.76. The smallest absolute Gasteiger partial charge is 0.234 e. The van der Waals surface area contributed by atoms with Gasteiger partial charge in [0.25, 0.3) is 0 Å². The fraction of sp³-hybridized carbons (Fsp3) is 0.269. The molecule has 1 N–H and O–H groups in total. The molecule has 1 aromatic heterocycles. The van der Waals surface area contributed by atoms with Crippen LogP contribution in [0.4, 0.5) is 10.1 Å². The molecule has 0 spiro atoms. The Bertz CT molecular complexity index is 1140. The molecule has 0 aliphatic carbocycles. The van der Waals surface area contributed by atoms with Crippen molar-refractivity contribution in [2.24, 2.45) is 0 Å². The summed E-state index contributed by atoms with van der Waals surface area (Å²) in [4.78, 5) is 33.6. The minimum absolute atomic E-state index is 0.0837. The number of benzene rings is 2. The fourth-order valence-corrected chi connectivity index (χ4v) is 5.29. The van der Waals surface area contributed by atoms with Crippen LogP contribution >= 0.6 is 23.1 Å². The molecule has 0 saturated carbocycles. The number of anilines is 1. The van der Waals surface area contributed by atoms with Gasteiger partial charge in [-0.15, -0.1) is 11.3 Å². The third-order valence-corrected chi connectivity index (χ3v) is 7.59. The van der Waals surface area contributed by atoms with Gasteiger partial charge in [0.15, 0.2) is 4.34 Å². The number of halogens is 1. The number of carbonyl (C=O) groups excluding carboxylic acids is 2. The Morgan fingerprint density at radius 2 is 1.80 bits per heavy atom. The van der Waals surface area contributed by atoms with Crippen molar-refractivity contribution < 1.29 is 14.0 Å². The third kappa shape index (κ3) is 8.02. The van der Waals surface area contributed by atoms with Crippen LogP contribution in [0.15, 0.2) is 70.4 Å². The van der Waals surface area contributed by atoms with E-state index in [0.29, 0.717) is 18.8 Å². The molecule has 4 rings (SSSR count). The van der Waals surface area contributed by atoms with Gasteiger partial charge in [0.2, 0.25) is 11.8 Å². The maximum atomic E-state index is 13.0. The fourth-order valence-electron chi connectivity index (χ4n) is 3.64. The molecule has 1 saturated heterocycles. The van der Waals surface area contributed by atoms with E-state index in [1.165, 1.54) is 52.9 Å². The highest BCUT2D eigenvalue weighted by Gasteiger charge is 2.21. The van der Waals surface area contributed by atoms with Gasteiger partial charge in [-0.2, -0.15) is 0 Å². The lowest BCUT2D eigenvalue weighted by molar-refractivity contribution is -0.132. The van der Waals surface area contributed by atoms with Gasteiger partial charge in [-0.05, 0) is 29.8 Å². The Balaban J connectivity index is 1.16. The van der Waals surface area contributed by atoms with E-state index in [9.17, 15) is 14.0 Å². The van der Waals surface area contributed by atoms with Gasteiger partial charge < -0.3 is 10.2 Å². The second-order valence-corrected chi connectivity index (χ2v) is 10.2. The molecule has 1 fully saturated rings. The SMILES string of the molecule is O=C(CSc1nc(CC(=O)N2CCN(C/C=C/c3ccccc3)CC2)cs1)Nc1ccc(F)cc1. The molecule has 182 valence electrons. The Hall–Kier alpha value is -3.01. The van der Waals surface area contributed by atoms with Gasteiger partial charge in [0.05, 0.1) is 17.9 Å². The molecule has 0 radical (unpaired) electrons. The number of hydrogen-bond acceptors (Lipinski definition) is 6. The standard InChI is InChI=1S/C26H27FN4O2S2/c27-21-8-10-22(11-9-21)28-24(32)19-35-26-29-23(18-34-26)17-25(33)31-15-13-30(14-16-31)12-4-7-20-5-2-1-3-6-20/h1-11,18H,12-17,19H2,(H,28,32)/b7-4+. The molecule has 0 atom stereocenters. The molecule has 2 heterocycles. The number of amides is 2. The van der Waals surface area contributed by atoms with Gasteiger partial charge in [-0.25, -0.2) is 9.37 Å². The Labute approximate surface area is 212 Å². The Kier molecular flexibility index (Phi) is 9.05. The zero-order valence-electron chi connectivity index (χ0n) is 19.2. The molecule has 1 aliphatic heterocycles. The first-order valence-corrected chi connectivity index (χ1v) is 13.3. The summed E-state index contributed by atoms with van der Waals surface area (Å²) in [5, 5.41) is 4.61. The predicted octanol–water partition coefficient (Wildman–Crippen LogP) is 4.41. The van der Waals surface area contributed by atoms with Crippen molar-refractivity contribution in [1.82, 2.24) is 14.8 Å². The first-order chi connectivity index (χ1) is 17.0. The van der Waals surface area contributed by atoms with Gasteiger partial charge in [-0.1, -0.05) is 54.2 Å². The van der Waals surface area contributed by atoms with Crippen molar-refractivity contribution in [3.05, 3.63) is 83.1 Å². The molecule has 3 aromatic rings. The van der Waals surface area contributed by atoms with Crippen molar-refractivity contribution in [1.29, 1.82) is 0 Å². The topological polar surface area (TPSA) is 65.5 Å². The first-order valence-electron chi connectivity index (χ1n) is 11.4. The van der Waals surface area contributed by atoms with E-state index in [1.54, 1.807) is 0 Å². The van der Waals surface area contributed by atoms with Crippen molar-refractivity contribution in [3.8, 4) is 0 Å². The van der Waals surface area contributed by atoms with Crippen LogP contribution in [0.25, 0.3) is 6.08 Å². The number of hydrogen-bond donors (Lipinski definition) is 1. The summed E-state index contributed by atoms with van der Waals surface area (Å²) in [6, 6.07) is 15.9. The second kappa shape index (κ2) is 12.6. The maximum Gasteiger partial charge on any atom is 0.234 e. The summed E-state index contributed by atoms with van der Waals surface area (Å²) < 4.78 is 13.7. The molecule has 35 heavy (non-hydrogen) atoms. The van der Waals surface area contributed by atoms with Crippen LogP contribution in [-0.4, -0.2) is 65.1 Å². The Morgan fingerprint density at radius 3 is 2.54 bits per heavy atom. The van der Waals surface area contributed by atoms with E-state index in [-0.39, 0.29) is 29.8 Å². The van der Waals surface area contributed by atoms with Gasteiger partial charge >= 0.3 is 0 Å². The number of rotatable bonds is 9. The number of nitrogens with one attached hydrogen (secondary N) is 1. The first kappa shape index (κ1) is 25.1. The number of nitrogens with zero attached hydrogens (tertiary/aromatic N) is 3. The number of carbonyl (C=O) groups is 2. The van der Waals surface area contributed by atoms with Crippen molar-refractivity contribution in [2.75, 3.05) is 43.8 Å². The summed E-state index contributed by atoms with van der Waals surface area (Å²) in [7, 11) is 0. The molecule has 1 aliphatic rings. The van der Waals surface area contributed by atoms with E-state index in [1.807, 2.05) is 28.5 Å². The number of piperazine rings is 1. The van der Waals surface area contributed by atoms with Crippen LogP contribution in [0.3, 0.4) is 0 Å².